The Morgan fingerprint density at radius 2 is 2.07 bits per heavy atom. The van der Waals surface area contributed by atoms with Gasteiger partial charge in [-0.3, -0.25) is 14.0 Å². The SMILES string of the molecule is NCCC(=O)NCC1CCCCN1C(=O)c1nc(C(F)(F)F)n2ccccc12. The van der Waals surface area contributed by atoms with Crippen molar-refractivity contribution < 1.29 is 22.8 Å². The third kappa shape index (κ3) is 4.11. The lowest BCUT2D eigenvalue weighted by atomic mass is 10.0. The van der Waals surface area contributed by atoms with E-state index in [1.54, 1.807) is 6.07 Å². The fourth-order valence-corrected chi connectivity index (χ4v) is 3.46. The van der Waals surface area contributed by atoms with Gasteiger partial charge >= 0.3 is 6.18 Å². The third-order valence-corrected chi connectivity index (χ3v) is 4.80. The standard InChI is InChI=1S/C18H22F3N5O2/c19-18(20,21)17-24-15(13-6-2-4-10-26(13)17)16(28)25-9-3-1-5-12(25)11-23-14(27)7-8-22/h2,4,6,10,12H,1,3,5,7-9,11,22H2,(H,23,27). The van der Waals surface area contributed by atoms with Gasteiger partial charge in [0.1, 0.15) is 0 Å². The summed E-state index contributed by atoms with van der Waals surface area (Å²) in [5.74, 6) is -1.90. The molecule has 2 amide bonds. The Kier molecular flexibility index (Phi) is 5.87. The molecular weight excluding hydrogens is 375 g/mol. The molecular formula is C18H22F3N5O2. The van der Waals surface area contributed by atoms with E-state index in [0.29, 0.717) is 13.0 Å². The molecule has 3 N–H and O–H groups in total. The van der Waals surface area contributed by atoms with E-state index >= 15 is 0 Å². The molecule has 1 saturated heterocycles. The smallest absolute Gasteiger partial charge is 0.354 e. The number of alkyl halides is 3. The first kappa shape index (κ1) is 20.1. The zero-order chi connectivity index (χ0) is 20.3. The van der Waals surface area contributed by atoms with Crippen LogP contribution in [0.1, 0.15) is 42.0 Å². The van der Waals surface area contributed by atoms with Crippen molar-refractivity contribution in [3.05, 3.63) is 35.9 Å². The second kappa shape index (κ2) is 8.17. The van der Waals surface area contributed by atoms with Crippen LogP contribution < -0.4 is 11.1 Å². The van der Waals surface area contributed by atoms with Gasteiger partial charge in [-0.05, 0) is 31.4 Å². The van der Waals surface area contributed by atoms with Crippen molar-refractivity contribution >= 4 is 17.3 Å². The van der Waals surface area contributed by atoms with Crippen molar-refractivity contribution in [2.45, 2.75) is 37.9 Å². The fraction of sp³-hybridized carbons (Fsp3) is 0.500. The van der Waals surface area contributed by atoms with Gasteiger partial charge in [0.05, 0.1) is 5.52 Å². The molecule has 3 heterocycles. The number of piperidine rings is 1. The monoisotopic (exact) mass is 397 g/mol. The van der Waals surface area contributed by atoms with Gasteiger partial charge in [-0.1, -0.05) is 6.07 Å². The normalized spacial score (nSPS) is 17.7. The second-order valence-electron chi connectivity index (χ2n) is 6.73. The van der Waals surface area contributed by atoms with Crippen LogP contribution in [-0.2, 0) is 11.0 Å². The van der Waals surface area contributed by atoms with Gasteiger partial charge in [0.15, 0.2) is 5.69 Å². The average molecular weight is 397 g/mol. The largest absolute Gasteiger partial charge is 0.450 e. The summed E-state index contributed by atoms with van der Waals surface area (Å²) >= 11 is 0. The number of amides is 2. The maximum absolute atomic E-state index is 13.3. The predicted octanol–water partition coefficient (Wildman–Crippen LogP) is 1.81. The predicted molar refractivity (Wildman–Crippen MR) is 95.6 cm³/mol. The molecule has 2 aromatic heterocycles. The van der Waals surface area contributed by atoms with Crippen LogP contribution in [0.4, 0.5) is 13.2 Å². The summed E-state index contributed by atoms with van der Waals surface area (Å²) in [6.07, 6.45) is -0.980. The highest BCUT2D eigenvalue weighted by Gasteiger charge is 2.39. The zero-order valence-electron chi connectivity index (χ0n) is 15.2. The van der Waals surface area contributed by atoms with E-state index in [0.717, 1.165) is 17.2 Å². The van der Waals surface area contributed by atoms with Crippen LogP contribution in [0.5, 0.6) is 0 Å². The van der Waals surface area contributed by atoms with Crippen LogP contribution in [0.15, 0.2) is 24.4 Å². The molecule has 28 heavy (non-hydrogen) atoms. The molecule has 1 unspecified atom stereocenters. The lowest BCUT2D eigenvalue weighted by Crippen LogP contribution is -2.49. The Labute approximate surface area is 159 Å². The molecule has 152 valence electrons. The number of carbonyl (C=O) groups is 2. The number of halogens is 3. The fourth-order valence-electron chi connectivity index (χ4n) is 3.46. The van der Waals surface area contributed by atoms with E-state index in [1.807, 2.05) is 0 Å². The highest BCUT2D eigenvalue weighted by molar-refractivity contribution is 5.99. The van der Waals surface area contributed by atoms with E-state index in [9.17, 15) is 22.8 Å². The summed E-state index contributed by atoms with van der Waals surface area (Å²) in [6, 6.07) is 4.17. The van der Waals surface area contributed by atoms with Crippen LogP contribution in [0.25, 0.3) is 5.52 Å². The Hall–Kier alpha value is -2.62. The van der Waals surface area contributed by atoms with Crippen molar-refractivity contribution in [2.75, 3.05) is 19.6 Å². The molecule has 1 aliphatic heterocycles. The highest BCUT2D eigenvalue weighted by atomic mass is 19.4. The molecule has 0 aromatic carbocycles. The average Bonchev–Trinajstić information content (AvgIpc) is 3.06. The first-order valence-corrected chi connectivity index (χ1v) is 9.15. The lowest BCUT2D eigenvalue weighted by Gasteiger charge is -2.35. The van der Waals surface area contributed by atoms with Crippen LogP contribution in [0.3, 0.4) is 0 Å². The van der Waals surface area contributed by atoms with E-state index in [-0.39, 0.29) is 42.7 Å². The Morgan fingerprint density at radius 3 is 2.79 bits per heavy atom. The summed E-state index contributed by atoms with van der Waals surface area (Å²) in [4.78, 5) is 29.9. The van der Waals surface area contributed by atoms with Gasteiger partial charge in [-0.25, -0.2) is 4.98 Å². The lowest BCUT2D eigenvalue weighted by molar-refractivity contribution is -0.145. The molecule has 0 bridgehead atoms. The zero-order valence-corrected chi connectivity index (χ0v) is 15.2. The van der Waals surface area contributed by atoms with Gasteiger partial charge in [0.25, 0.3) is 5.91 Å². The van der Waals surface area contributed by atoms with E-state index < -0.39 is 17.9 Å². The quantitative estimate of drug-likeness (QED) is 0.805. The van der Waals surface area contributed by atoms with E-state index in [4.69, 9.17) is 5.73 Å². The number of hydrogen-bond acceptors (Lipinski definition) is 4. The molecule has 10 heteroatoms. The Balaban J connectivity index is 1.88. The molecule has 0 spiro atoms. The van der Waals surface area contributed by atoms with Gasteiger partial charge in [0, 0.05) is 38.3 Å². The number of likely N-dealkylation sites (tertiary alicyclic amines) is 1. The maximum Gasteiger partial charge on any atom is 0.450 e. The van der Waals surface area contributed by atoms with Crippen LogP contribution in [0, 0.1) is 0 Å². The number of carbonyl (C=O) groups excluding carboxylic acids is 2. The summed E-state index contributed by atoms with van der Waals surface area (Å²) in [7, 11) is 0. The molecule has 1 fully saturated rings. The maximum atomic E-state index is 13.3. The van der Waals surface area contributed by atoms with Crippen molar-refractivity contribution in [3.63, 3.8) is 0 Å². The van der Waals surface area contributed by atoms with Gasteiger partial charge in [-0.2, -0.15) is 13.2 Å². The molecule has 1 aliphatic rings. The minimum Gasteiger partial charge on any atom is -0.354 e. The van der Waals surface area contributed by atoms with Crippen LogP contribution >= 0.6 is 0 Å². The number of pyridine rings is 1. The van der Waals surface area contributed by atoms with Gasteiger partial charge in [-0.15, -0.1) is 0 Å². The first-order valence-electron chi connectivity index (χ1n) is 9.15. The molecule has 2 aromatic rings. The number of hydrogen-bond donors (Lipinski definition) is 2. The number of rotatable bonds is 5. The Bertz CT molecular complexity index is 865. The number of fused-ring (bicyclic) bond motifs is 1. The number of nitrogens with zero attached hydrogens (tertiary/aromatic N) is 3. The molecule has 0 saturated carbocycles. The molecule has 0 aliphatic carbocycles. The molecule has 1 atom stereocenters. The molecule has 7 nitrogen and oxygen atoms in total. The number of imidazole rings is 1. The van der Waals surface area contributed by atoms with E-state index in [1.165, 1.54) is 23.2 Å². The minimum atomic E-state index is -4.68. The topological polar surface area (TPSA) is 92.7 Å². The van der Waals surface area contributed by atoms with E-state index in [2.05, 4.69) is 10.3 Å². The summed E-state index contributed by atoms with van der Waals surface area (Å²) in [6.45, 7) is 0.867. The second-order valence-corrected chi connectivity index (χ2v) is 6.73. The minimum absolute atomic E-state index is 0.108. The third-order valence-electron chi connectivity index (χ3n) is 4.80. The number of nitrogens with two attached hydrogens (primary N) is 1. The van der Waals surface area contributed by atoms with Crippen molar-refractivity contribution in [3.8, 4) is 0 Å². The van der Waals surface area contributed by atoms with Crippen LogP contribution in [-0.4, -0.2) is 51.8 Å². The van der Waals surface area contributed by atoms with Gasteiger partial charge in [0.2, 0.25) is 11.7 Å². The summed E-state index contributed by atoms with van der Waals surface area (Å²) in [5, 5.41) is 2.74. The summed E-state index contributed by atoms with van der Waals surface area (Å²) < 4.78 is 40.9. The Morgan fingerprint density at radius 1 is 1.29 bits per heavy atom. The molecule has 3 rings (SSSR count). The molecule has 0 radical (unpaired) electrons. The van der Waals surface area contributed by atoms with Crippen LogP contribution in [0.2, 0.25) is 0 Å². The number of nitrogens with one attached hydrogen (secondary N) is 1. The van der Waals surface area contributed by atoms with Crippen molar-refractivity contribution in [2.24, 2.45) is 5.73 Å². The first-order chi connectivity index (χ1) is 13.3. The van der Waals surface area contributed by atoms with Gasteiger partial charge < -0.3 is 16.0 Å². The van der Waals surface area contributed by atoms with Crippen molar-refractivity contribution in [1.82, 2.24) is 19.6 Å². The van der Waals surface area contributed by atoms with Crippen molar-refractivity contribution in [1.29, 1.82) is 0 Å². The summed E-state index contributed by atoms with van der Waals surface area (Å²) in [5.41, 5.74) is 5.23. The number of aromatic nitrogens is 2. The highest BCUT2D eigenvalue weighted by Crippen LogP contribution is 2.31.